The molecule has 4 rings (SSSR count). The minimum absolute atomic E-state index is 0.341. The number of nitrogens with zero attached hydrogens (tertiary/aromatic N) is 2. The van der Waals surface area contributed by atoms with Crippen LogP contribution in [0.25, 0.3) is 0 Å². The Hall–Kier alpha value is -2.74. The molecule has 1 saturated heterocycles. The number of urea groups is 1. The fourth-order valence-corrected chi connectivity index (χ4v) is 3.85. The van der Waals surface area contributed by atoms with Crippen LogP contribution in [-0.4, -0.2) is 39.8 Å². The molecule has 1 aromatic heterocycles. The third-order valence-electron chi connectivity index (χ3n) is 4.97. The molecule has 27 heavy (non-hydrogen) atoms. The average Bonchev–Trinajstić information content (AvgIpc) is 2.87. The third-order valence-corrected chi connectivity index (χ3v) is 5.44. The van der Waals surface area contributed by atoms with E-state index in [1.165, 1.54) is 5.56 Å². The van der Waals surface area contributed by atoms with E-state index >= 15 is 0 Å². The molecule has 1 aromatic carbocycles. The number of aromatic nitrogens is 1. The van der Waals surface area contributed by atoms with Crippen molar-refractivity contribution in [1.29, 1.82) is 0 Å². The number of halogens is 1. The zero-order valence-electron chi connectivity index (χ0n) is 14.4. The van der Waals surface area contributed by atoms with Crippen LogP contribution in [0.4, 0.5) is 10.6 Å². The fourth-order valence-electron chi connectivity index (χ4n) is 3.62. The van der Waals surface area contributed by atoms with E-state index in [2.05, 4.69) is 31.5 Å². The molecule has 2 aromatic rings. The number of anilines is 1. The summed E-state index contributed by atoms with van der Waals surface area (Å²) in [5, 5.41) is 5.42. The molecule has 1 fully saturated rings. The van der Waals surface area contributed by atoms with Gasteiger partial charge in [-0.3, -0.25) is 14.5 Å². The Morgan fingerprint density at radius 1 is 1.22 bits per heavy atom. The molecule has 138 valence electrons. The first kappa shape index (κ1) is 17.7. The Labute approximate surface area is 164 Å². The van der Waals surface area contributed by atoms with Crippen LogP contribution in [0.15, 0.2) is 47.1 Å². The van der Waals surface area contributed by atoms with Crippen molar-refractivity contribution >= 4 is 39.6 Å². The maximum Gasteiger partial charge on any atom is 0.325 e. The molecule has 2 N–H and O–H groups in total. The summed E-state index contributed by atoms with van der Waals surface area (Å²) in [7, 11) is 0. The average molecular weight is 429 g/mol. The molecule has 1 aliphatic heterocycles. The van der Waals surface area contributed by atoms with Gasteiger partial charge >= 0.3 is 6.03 Å². The van der Waals surface area contributed by atoms with Gasteiger partial charge in [0, 0.05) is 17.1 Å². The number of aryl methyl sites for hydroxylation is 1. The molecule has 0 saturated carbocycles. The fraction of sp³-hybridized carbons (Fsp3) is 0.263. The molecule has 4 amide bonds. The lowest BCUT2D eigenvalue weighted by Gasteiger charge is -2.32. The molecule has 7 nitrogen and oxygen atoms in total. The molecule has 2 aliphatic rings. The van der Waals surface area contributed by atoms with Gasteiger partial charge in [-0.1, -0.05) is 24.3 Å². The number of benzene rings is 1. The summed E-state index contributed by atoms with van der Waals surface area (Å²) in [6.07, 6.45) is 3.24. The first-order valence-corrected chi connectivity index (χ1v) is 9.38. The summed E-state index contributed by atoms with van der Waals surface area (Å²) >= 11 is 3.27. The summed E-state index contributed by atoms with van der Waals surface area (Å²) in [6, 6.07) is 10.8. The lowest BCUT2D eigenvalue weighted by Crippen LogP contribution is -2.51. The minimum atomic E-state index is -0.957. The van der Waals surface area contributed by atoms with Crippen molar-refractivity contribution < 1.29 is 14.4 Å². The normalized spacial score (nSPS) is 21.1. The predicted molar refractivity (Wildman–Crippen MR) is 102 cm³/mol. The smallest absolute Gasteiger partial charge is 0.323 e. The van der Waals surface area contributed by atoms with E-state index < -0.39 is 17.5 Å². The van der Waals surface area contributed by atoms with Gasteiger partial charge in [-0.05, 0) is 52.0 Å². The Morgan fingerprint density at radius 3 is 2.74 bits per heavy atom. The monoisotopic (exact) mass is 428 g/mol. The summed E-state index contributed by atoms with van der Waals surface area (Å²) < 4.78 is 0.786. The Bertz CT molecular complexity index is 931. The molecule has 0 bridgehead atoms. The molecule has 0 radical (unpaired) electrons. The summed E-state index contributed by atoms with van der Waals surface area (Å²) in [5.74, 6) is -0.459. The number of fused-ring (bicyclic) bond motifs is 1. The molecule has 1 atom stereocenters. The molecule has 1 aliphatic carbocycles. The largest absolute Gasteiger partial charge is 0.325 e. The molecular formula is C19H17BrN4O3. The number of amides is 4. The maximum atomic E-state index is 13.0. The number of carbonyl (C=O) groups excluding carboxylic acids is 3. The third kappa shape index (κ3) is 3.32. The van der Waals surface area contributed by atoms with Crippen molar-refractivity contribution in [3.63, 3.8) is 0 Å². The number of imide groups is 1. The van der Waals surface area contributed by atoms with E-state index in [1.807, 2.05) is 24.3 Å². The van der Waals surface area contributed by atoms with Crippen molar-refractivity contribution in [3.8, 4) is 0 Å². The first-order chi connectivity index (χ1) is 13.0. The van der Waals surface area contributed by atoms with Gasteiger partial charge in [0.15, 0.2) is 0 Å². The lowest BCUT2D eigenvalue weighted by molar-refractivity contribution is -0.134. The standard InChI is InChI=1S/C19H17BrN4O3/c20-14-5-6-15(21-10-14)22-16(25)11-24-17(26)19(23-18(24)27)8-7-12-3-1-2-4-13(12)9-19/h1-6,10H,7-9,11H2,(H,23,27)(H,21,22,25). The Balaban J connectivity index is 1.47. The SMILES string of the molecule is O=C(CN1C(=O)NC2(CCc3ccccc3C2)C1=O)Nc1ccc(Br)cn1. The predicted octanol–water partition coefficient (Wildman–Crippen LogP) is 2.26. The van der Waals surface area contributed by atoms with Gasteiger partial charge in [0.2, 0.25) is 5.91 Å². The number of hydrogen-bond acceptors (Lipinski definition) is 4. The van der Waals surface area contributed by atoms with Crippen molar-refractivity contribution in [2.75, 3.05) is 11.9 Å². The summed E-state index contributed by atoms with van der Waals surface area (Å²) in [5.41, 5.74) is 1.30. The summed E-state index contributed by atoms with van der Waals surface area (Å²) in [6.45, 7) is -0.341. The zero-order valence-corrected chi connectivity index (χ0v) is 16.0. The summed E-state index contributed by atoms with van der Waals surface area (Å²) in [4.78, 5) is 42.7. The van der Waals surface area contributed by atoms with Crippen molar-refractivity contribution in [3.05, 3.63) is 58.2 Å². The highest BCUT2D eigenvalue weighted by molar-refractivity contribution is 9.10. The van der Waals surface area contributed by atoms with E-state index in [0.717, 1.165) is 14.9 Å². The van der Waals surface area contributed by atoms with Crippen LogP contribution >= 0.6 is 15.9 Å². The Morgan fingerprint density at radius 2 is 2.00 bits per heavy atom. The number of pyridine rings is 1. The maximum absolute atomic E-state index is 13.0. The van der Waals surface area contributed by atoms with E-state index in [1.54, 1.807) is 18.3 Å². The topological polar surface area (TPSA) is 91.4 Å². The zero-order chi connectivity index (χ0) is 19.0. The van der Waals surface area contributed by atoms with E-state index in [-0.39, 0.29) is 12.5 Å². The van der Waals surface area contributed by atoms with Gasteiger partial charge < -0.3 is 10.6 Å². The quantitative estimate of drug-likeness (QED) is 0.733. The molecule has 8 heteroatoms. The van der Waals surface area contributed by atoms with Crippen LogP contribution in [0.1, 0.15) is 17.5 Å². The van der Waals surface area contributed by atoms with E-state index in [0.29, 0.717) is 25.1 Å². The van der Waals surface area contributed by atoms with Crippen LogP contribution in [0.2, 0.25) is 0 Å². The molecule has 1 spiro atoms. The van der Waals surface area contributed by atoms with Crippen LogP contribution in [-0.2, 0) is 22.4 Å². The van der Waals surface area contributed by atoms with Crippen molar-refractivity contribution in [2.24, 2.45) is 0 Å². The minimum Gasteiger partial charge on any atom is -0.323 e. The number of carbonyl (C=O) groups is 3. The highest BCUT2D eigenvalue weighted by atomic mass is 79.9. The van der Waals surface area contributed by atoms with Crippen LogP contribution < -0.4 is 10.6 Å². The van der Waals surface area contributed by atoms with Gasteiger partial charge in [-0.15, -0.1) is 0 Å². The first-order valence-electron chi connectivity index (χ1n) is 8.59. The second kappa shape index (κ2) is 6.77. The number of hydrogen-bond donors (Lipinski definition) is 2. The lowest BCUT2D eigenvalue weighted by atomic mass is 9.78. The van der Waals surface area contributed by atoms with E-state index in [9.17, 15) is 14.4 Å². The van der Waals surface area contributed by atoms with Crippen molar-refractivity contribution in [2.45, 2.75) is 24.8 Å². The highest BCUT2D eigenvalue weighted by Gasteiger charge is 2.52. The van der Waals surface area contributed by atoms with Crippen LogP contribution in [0.3, 0.4) is 0 Å². The van der Waals surface area contributed by atoms with Crippen molar-refractivity contribution in [1.82, 2.24) is 15.2 Å². The van der Waals surface area contributed by atoms with Gasteiger partial charge in [0.25, 0.3) is 5.91 Å². The van der Waals surface area contributed by atoms with E-state index in [4.69, 9.17) is 0 Å². The van der Waals surface area contributed by atoms with Gasteiger partial charge in [0.05, 0.1) is 0 Å². The van der Waals surface area contributed by atoms with Gasteiger partial charge in [-0.2, -0.15) is 0 Å². The van der Waals surface area contributed by atoms with Gasteiger partial charge in [-0.25, -0.2) is 9.78 Å². The van der Waals surface area contributed by atoms with Crippen LogP contribution in [0.5, 0.6) is 0 Å². The number of nitrogens with one attached hydrogen (secondary N) is 2. The molecular weight excluding hydrogens is 412 g/mol. The Kier molecular flexibility index (Phi) is 4.43. The number of rotatable bonds is 3. The highest BCUT2D eigenvalue weighted by Crippen LogP contribution is 2.33. The van der Waals surface area contributed by atoms with Gasteiger partial charge in [0.1, 0.15) is 17.9 Å². The molecule has 2 heterocycles. The van der Waals surface area contributed by atoms with Crippen LogP contribution in [0, 0.1) is 0 Å². The molecule has 1 unspecified atom stereocenters. The second-order valence-corrected chi connectivity index (χ2v) is 7.67. The second-order valence-electron chi connectivity index (χ2n) is 6.76.